The predicted octanol–water partition coefficient (Wildman–Crippen LogP) is 2.87. The maximum Gasteiger partial charge on any atom is 0.419 e. The molecule has 0 aliphatic carbocycles. The number of alkyl halides is 3. The van der Waals surface area contributed by atoms with Crippen LogP contribution >= 0.6 is 11.6 Å². The molecule has 96 valence electrons. The van der Waals surface area contributed by atoms with E-state index >= 15 is 0 Å². The second-order valence-corrected chi connectivity index (χ2v) is 3.46. The molecule has 1 aromatic heterocycles. The smallest absolute Gasteiger partial charge is 0.419 e. The molecule has 0 fully saturated rings. The Morgan fingerprint density at radius 1 is 1.61 bits per heavy atom. The Balaban J connectivity index is 3.27. The standard InChI is InChI=1S/C10H6ClF3N2O2/c1-2-3-16(9(17)18)6-4-7(10(12,13)14)8(11)15-5-6/h1,4-5H,3H2,(H,17,18). The molecule has 0 radical (unpaired) electrons. The van der Waals surface area contributed by atoms with Gasteiger partial charge in [0.05, 0.1) is 24.0 Å². The molecule has 0 saturated heterocycles. The number of rotatable bonds is 2. The van der Waals surface area contributed by atoms with Gasteiger partial charge in [-0.2, -0.15) is 13.2 Å². The summed E-state index contributed by atoms with van der Waals surface area (Å²) in [5.74, 6) is 2.02. The van der Waals surface area contributed by atoms with Crippen molar-refractivity contribution in [2.45, 2.75) is 6.18 Å². The van der Waals surface area contributed by atoms with Gasteiger partial charge in [-0.05, 0) is 6.07 Å². The molecule has 0 atom stereocenters. The number of terminal acetylenes is 1. The number of nitrogens with zero attached hydrogens (tertiary/aromatic N) is 2. The Morgan fingerprint density at radius 2 is 2.22 bits per heavy atom. The molecule has 0 unspecified atom stereocenters. The summed E-state index contributed by atoms with van der Waals surface area (Å²) in [7, 11) is 0. The highest BCUT2D eigenvalue weighted by Gasteiger charge is 2.35. The van der Waals surface area contributed by atoms with Crippen molar-refractivity contribution in [1.82, 2.24) is 4.98 Å². The summed E-state index contributed by atoms with van der Waals surface area (Å²) >= 11 is 5.30. The zero-order valence-electron chi connectivity index (χ0n) is 8.70. The molecule has 0 aromatic carbocycles. The minimum atomic E-state index is -4.72. The monoisotopic (exact) mass is 278 g/mol. The lowest BCUT2D eigenvalue weighted by atomic mass is 10.2. The summed E-state index contributed by atoms with van der Waals surface area (Å²) in [6.45, 7) is -0.393. The zero-order chi connectivity index (χ0) is 13.9. The van der Waals surface area contributed by atoms with Gasteiger partial charge in [0.15, 0.2) is 0 Å². The summed E-state index contributed by atoms with van der Waals surface area (Å²) in [6, 6.07) is 0.584. The normalized spacial score (nSPS) is 10.8. The summed E-state index contributed by atoms with van der Waals surface area (Å²) in [4.78, 5) is 14.7. The van der Waals surface area contributed by atoms with Crippen molar-refractivity contribution in [1.29, 1.82) is 0 Å². The molecule has 0 saturated carbocycles. The van der Waals surface area contributed by atoms with Crippen molar-refractivity contribution in [3.63, 3.8) is 0 Å². The molecule has 1 aromatic rings. The number of hydrogen-bond donors (Lipinski definition) is 1. The number of aromatic nitrogens is 1. The van der Waals surface area contributed by atoms with Crippen LogP contribution in [0.3, 0.4) is 0 Å². The van der Waals surface area contributed by atoms with Crippen LogP contribution in [0.2, 0.25) is 5.15 Å². The summed E-state index contributed by atoms with van der Waals surface area (Å²) in [5, 5.41) is 8.06. The minimum absolute atomic E-state index is 0.294. The average Bonchev–Trinajstić information content (AvgIpc) is 2.25. The SMILES string of the molecule is C#CCN(C(=O)O)c1cnc(Cl)c(C(F)(F)F)c1. The van der Waals surface area contributed by atoms with Gasteiger partial charge >= 0.3 is 12.3 Å². The van der Waals surface area contributed by atoms with E-state index < -0.39 is 29.5 Å². The topological polar surface area (TPSA) is 53.4 Å². The van der Waals surface area contributed by atoms with Crippen LogP contribution in [0.5, 0.6) is 0 Å². The lowest BCUT2D eigenvalue weighted by Gasteiger charge is -2.18. The first-order valence-electron chi connectivity index (χ1n) is 4.44. The third kappa shape index (κ3) is 3.05. The highest BCUT2D eigenvalue weighted by molar-refractivity contribution is 6.30. The van der Waals surface area contributed by atoms with E-state index in [1.54, 1.807) is 0 Å². The molecule has 1 rings (SSSR count). The van der Waals surface area contributed by atoms with E-state index in [0.717, 1.165) is 6.20 Å². The van der Waals surface area contributed by atoms with Crippen molar-refractivity contribution in [2.24, 2.45) is 0 Å². The molecule has 0 aliphatic heterocycles. The fourth-order valence-electron chi connectivity index (χ4n) is 1.14. The van der Waals surface area contributed by atoms with E-state index in [4.69, 9.17) is 23.1 Å². The first-order valence-corrected chi connectivity index (χ1v) is 4.82. The van der Waals surface area contributed by atoms with Gasteiger partial charge in [-0.3, -0.25) is 4.90 Å². The largest absolute Gasteiger partial charge is 0.465 e. The van der Waals surface area contributed by atoms with Gasteiger partial charge < -0.3 is 5.11 Å². The zero-order valence-corrected chi connectivity index (χ0v) is 9.46. The van der Waals surface area contributed by atoms with Crippen LogP contribution in [-0.2, 0) is 6.18 Å². The van der Waals surface area contributed by atoms with E-state index in [-0.39, 0.29) is 5.69 Å². The Kier molecular flexibility index (Phi) is 4.03. The fraction of sp³-hybridized carbons (Fsp3) is 0.200. The Labute approximate surface area is 105 Å². The van der Waals surface area contributed by atoms with Gasteiger partial charge in [-0.25, -0.2) is 9.78 Å². The second-order valence-electron chi connectivity index (χ2n) is 3.10. The number of carbonyl (C=O) groups is 1. The lowest BCUT2D eigenvalue weighted by Crippen LogP contribution is -2.30. The highest BCUT2D eigenvalue weighted by atomic mass is 35.5. The van der Waals surface area contributed by atoms with Crippen molar-refractivity contribution >= 4 is 23.4 Å². The summed E-state index contributed by atoms with van der Waals surface area (Å²) < 4.78 is 37.6. The minimum Gasteiger partial charge on any atom is -0.465 e. The quantitative estimate of drug-likeness (QED) is 0.668. The van der Waals surface area contributed by atoms with Crippen LogP contribution in [0.1, 0.15) is 5.56 Å². The van der Waals surface area contributed by atoms with E-state index in [0.29, 0.717) is 11.0 Å². The summed E-state index contributed by atoms with van der Waals surface area (Å²) in [5.41, 5.74) is -1.51. The molecule has 18 heavy (non-hydrogen) atoms. The van der Waals surface area contributed by atoms with Gasteiger partial charge in [-0.15, -0.1) is 6.42 Å². The number of halogens is 4. The van der Waals surface area contributed by atoms with Crippen LogP contribution in [0.4, 0.5) is 23.7 Å². The highest BCUT2D eigenvalue weighted by Crippen LogP contribution is 2.35. The molecule has 0 aliphatic rings. The van der Waals surface area contributed by atoms with E-state index in [1.807, 2.05) is 5.92 Å². The van der Waals surface area contributed by atoms with E-state index in [2.05, 4.69) is 4.98 Å². The molecular weight excluding hydrogens is 273 g/mol. The van der Waals surface area contributed by atoms with Gasteiger partial charge in [-0.1, -0.05) is 17.5 Å². The molecule has 1 N–H and O–H groups in total. The van der Waals surface area contributed by atoms with Gasteiger partial charge in [0.1, 0.15) is 5.15 Å². The van der Waals surface area contributed by atoms with Crippen LogP contribution in [-0.4, -0.2) is 22.7 Å². The average molecular weight is 279 g/mol. The molecule has 1 heterocycles. The van der Waals surface area contributed by atoms with Crippen molar-refractivity contribution in [3.8, 4) is 12.3 Å². The maximum absolute atomic E-state index is 12.5. The van der Waals surface area contributed by atoms with Crippen molar-refractivity contribution < 1.29 is 23.1 Å². The van der Waals surface area contributed by atoms with Gasteiger partial charge in [0, 0.05) is 0 Å². The van der Waals surface area contributed by atoms with Crippen molar-refractivity contribution in [3.05, 3.63) is 23.0 Å². The number of pyridine rings is 1. The van der Waals surface area contributed by atoms with Crippen molar-refractivity contribution in [2.75, 3.05) is 11.4 Å². The number of amides is 1. The third-order valence-electron chi connectivity index (χ3n) is 1.92. The number of hydrogen-bond acceptors (Lipinski definition) is 2. The fourth-order valence-corrected chi connectivity index (χ4v) is 1.35. The second kappa shape index (κ2) is 5.14. The summed E-state index contributed by atoms with van der Waals surface area (Å²) in [6.07, 6.45) is -0.363. The lowest BCUT2D eigenvalue weighted by molar-refractivity contribution is -0.137. The van der Waals surface area contributed by atoms with Crippen LogP contribution < -0.4 is 4.90 Å². The predicted molar refractivity (Wildman–Crippen MR) is 58.5 cm³/mol. The first-order chi connectivity index (χ1) is 8.27. The van der Waals surface area contributed by atoms with Gasteiger partial charge in [0.2, 0.25) is 0 Å². The maximum atomic E-state index is 12.5. The van der Waals surface area contributed by atoms with Crippen LogP contribution in [0.15, 0.2) is 12.3 Å². The molecule has 0 spiro atoms. The molecular formula is C10H6ClF3N2O2. The van der Waals surface area contributed by atoms with E-state index in [1.165, 1.54) is 0 Å². The van der Waals surface area contributed by atoms with Crippen LogP contribution in [0.25, 0.3) is 0 Å². The Hall–Kier alpha value is -1.94. The van der Waals surface area contributed by atoms with Gasteiger partial charge in [0.25, 0.3) is 0 Å². The first kappa shape index (κ1) is 14.1. The number of anilines is 1. The Bertz CT molecular complexity index is 511. The molecule has 1 amide bonds. The third-order valence-corrected chi connectivity index (χ3v) is 2.22. The molecule has 8 heteroatoms. The van der Waals surface area contributed by atoms with E-state index in [9.17, 15) is 18.0 Å². The number of carboxylic acid groups (broad SMARTS) is 1. The van der Waals surface area contributed by atoms with Crippen LogP contribution in [0, 0.1) is 12.3 Å². The Morgan fingerprint density at radius 3 is 2.67 bits per heavy atom. The molecule has 4 nitrogen and oxygen atoms in total. The molecule has 0 bridgehead atoms.